The van der Waals surface area contributed by atoms with Crippen LogP contribution < -0.4 is 0 Å². The maximum absolute atomic E-state index is 10.4. The van der Waals surface area contributed by atoms with Gasteiger partial charge >= 0.3 is 0 Å². The zero-order chi connectivity index (χ0) is 17.1. The normalized spacial score (nSPS) is 56.7. The van der Waals surface area contributed by atoms with Gasteiger partial charge in [0.05, 0.1) is 24.2 Å². The van der Waals surface area contributed by atoms with Crippen LogP contribution in [0.5, 0.6) is 0 Å². The number of hydrogen-bond acceptors (Lipinski definition) is 3. The number of nitrogens with zero attached hydrogens (tertiary/aromatic N) is 1. The van der Waals surface area contributed by atoms with Crippen LogP contribution in [0.2, 0.25) is 0 Å². The van der Waals surface area contributed by atoms with E-state index in [0.29, 0.717) is 11.3 Å². The first kappa shape index (κ1) is 16.9. The Morgan fingerprint density at radius 1 is 1.04 bits per heavy atom. The van der Waals surface area contributed by atoms with Gasteiger partial charge in [-0.05, 0) is 85.9 Å². The summed E-state index contributed by atoms with van der Waals surface area (Å²) in [7, 11) is 1.75. The van der Waals surface area contributed by atoms with Gasteiger partial charge < -0.3 is 9.84 Å². The summed E-state index contributed by atoms with van der Waals surface area (Å²) in [6.45, 7) is 4.90. The molecular weight excluding hydrogens is 298 g/mol. The minimum Gasteiger partial charge on any atom is -0.390 e. The topological polar surface area (TPSA) is 53.2 Å². The lowest BCUT2D eigenvalue weighted by atomic mass is 9.44. The number of nitriles is 1. The summed E-state index contributed by atoms with van der Waals surface area (Å²) >= 11 is 0. The van der Waals surface area contributed by atoms with Crippen LogP contribution in [0.4, 0.5) is 0 Å². The lowest BCUT2D eigenvalue weighted by molar-refractivity contribution is -0.164. The van der Waals surface area contributed by atoms with Crippen molar-refractivity contribution >= 4 is 0 Å². The van der Waals surface area contributed by atoms with Gasteiger partial charge in [0.15, 0.2) is 0 Å². The molecule has 24 heavy (non-hydrogen) atoms. The molecular formula is C21H33NO2. The summed E-state index contributed by atoms with van der Waals surface area (Å²) in [5.41, 5.74) is 0.572. The van der Waals surface area contributed by atoms with E-state index in [4.69, 9.17) is 4.74 Å². The molecule has 0 saturated heterocycles. The largest absolute Gasteiger partial charge is 0.390 e. The standard InChI is InChI=1S/C21H33NO2/c1-20-9-8-17-15(16(20)7-5-14(20)12-22)6-4-13-10-18(23)19(24-3)11-21(13,17)2/h13-19,23H,4-11H2,1-3H3/t13-,14+,15-,16-,17-,18-,19-,20+,21-/m0/s1. The minimum absolute atomic E-state index is 0.00810. The molecule has 1 N–H and O–H groups in total. The second-order valence-electron chi connectivity index (χ2n) is 9.74. The first-order valence-electron chi connectivity index (χ1n) is 10.0. The Morgan fingerprint density at radius 2 is 1.79 bits per heavy atom. The van der Waals surface area contributed by atoms with Gasteiger partial charge in [0.25, 0.3) is 0 Å². The summed E-state index contributed by atoms with van der Waals surface area (Å²) in [6, 6.07) is 2.63. The molecule has 9 atom stereocenters. The lowest BCUT2D eigenvalue weighted by Crippen LogP contribution is -2.56. The number of ether oxygens (including phenoxy) is 1. The summed E-state index contributed by atoms with van der Waals surface area (Å²) in [6.07, 6.45) is 9.09. The molecule has 0 aromatic carbocycles. The minimum atomic E-state index is -0.284. The van der Waals surface area contributed by atoms with E-state index in [1.165, 1.54) is 32.1 Å². The van der Waals surface area contributed by atoms with Gasteiger partial charge in [-0.15, -0.1) is 0 Å². The number of rotatable bonds is 1. The lowest BCUT2D eigenvalue weighted by Gasteiger charge is -2.61. The quantitative estimate of drug-likeness (QED) is 0.785. The van der Waals surface area contributed by atoms with Crippen LogP contribution in [0.25, 0.3) is 0 Å². The highest BCUT2D eigenvalue weighted by Crippen LogP contribution is 2.67. The molecule has 0 bridgehead atoms. The van der Waals surface area contributed by atoms with Crippen LogP contribution in [0.1, 0.15) is 65.2 Å². The number of aliphatic hydroxyl groups is 1. The van der Waals surface area contributed by atoms with Crippen molar-refractivity contribution in [2.24, 2.45) is 40.4 Å². The Kier molecular flexibility index (Phi) is 4.01. The molecule has 0 aliphatic heterocycles. The third kappa shape index (κ3) is 2.15. The van der Waals surface area contributed by atoms with Crippen LogP contribution in [0, 0.1) is 51.8 Å². The van der Waals surface area contributed by atoms with E-state index in [-0.39, 0.29) is 23.5 Å². The Labute approximate surface area is 146 Å². The molecule has 134 valence electrons. The highest BCUT2D eigenvalue weighted by Gasteiger charge is 2.61. The first-order valence-corrected chi connectivity index (χ1v) is 10.0. The van der Waals surface area contributed by atoms with E-state index in [1.54, 1.807) is 7.11 Å². The van der Waals surface area contributed by atoms with Crippen LogP contribution in [-0.2, 0) is 4.74 Å². The van der Waals surface area contributed by atoms with Crippen molar-refractivity contribution in [2.45, 2.75) is 77.4 Å². The number of methoxy groups -OCH3 is 1. The molecule has 0 unspecified atom stereocenters. The molecule has 3 heteroatoms. The SMILES string of the molecule is CO[C@H]1C[C@@]2(C)[C@@H](CC[C@@H]3[C@@H]2CC[C@]2(C)[C@@H](C#N)CC[C@@H]32)C[C@@H]1O. The predicted octanol–water partition coefficient (Wildman–Crippen LogP) is 4.15. The van der Waals surface area contributed by atoms with Crippen LogP contribution in [0.3, 0.4) is 0 Å². The van der Waals surface area contributed by atoms with Crippen molar-refractivity contribution in [1.82, 2.24) is 0 Å². The molecule has 0 aromatic rings. The van der Waals surface area contributed by atoms with Crippen molar-refractivity contribution < 1.29 is 9.84 Å². The third-order valence-corrected chi connectivity index (χ3v) is 9.12. The average Bonchev–Trinajstić information content (AvgIpc) is 2.91. The van der Waals surface area contributed by atoms with Crippen molar-refractivity contribution in [3.8, 4) is 6.07 Å². The third-order valence-electron chi connectivity index (χ3n) is 9.12. The van der Waals surface area contributed by atoms with Gasteiger partial charge in [-0.3, -0.25) is 0 Å². The van der Waals surface area contributed by atoms with Gasteiger partial charge in [-0.1, -0.05) is 13.8 Å². The maximum atomic E-state index is 10.4. The molecule has 4 aliphatic rings. The van der Waals surface area contributed by atoms with Crippen LogP contribution >= 0.6 is 0 Å². The highest BCUT2D eigenvalue weighted by atomic mass is 16.5. The van der Waals surface area contributed by atoms with Crippen molar-refractivity contribution in [2.75, 3.05) is 7.11 Å². The predicted molar refractivity (Wildman–Crippen MR) is 93.0 cm³/mol. The zero-order valence-corrected chi connectivity index (χ0v) is 15.5. The maximum Gasteiger partial charge on any atom is 0.0835 e. The fraction of sp³-hybridized carbons (Fsp3) is 0.952. The molecule has 0 spiro atoms. The van der Waals surface area contributed by atoms with Gasteiger partial charge in [0, 0.05) is 7.11 Å². The van der Waals surface area contributed by atoms with Crippen LogP contribution in [-0.4, -0.2) is 24.4 Å². The molecule has 0 aromatic heterocycles. The number of fused-ring (bicyclic) bond motifs is 5. The molecule has 0 radical (unpaired) electrons. The monoisotopic (exact) mass is 331 g/mol. The van der Waals surface area contributed by atoms with E-state index >= 15 is 0 Å². The zero-order valence-electron chi connectivity index (χ0n) is 15.5. The van der Waals surface area contributed by atoms with E-state index < -0.39 is 0 Å². The first-order chi connectivity index (χ1) is 11.4. The van der Waals surface area contributed by atoms with E-state index in [9.17, 15) is 10.4 Å². The van der Waals surface area contributed by atoms with E-state index in [2.05, 4.69) is 19.9 Å². The molecule has 4 aliphatic carbocycles. The molecule has 4 fully saturated rings. The Morgan fingerprint density at radius 3 is 2.50 bits per heavy atom. The van der Waals surface area contributed by atoms with E-state index in [0.717, 1.165) is 37.0 Å². The highest BCUT2D eigenvalue weighted by molar-refractivity contribution is 5.13. The molecule has 3 nitrogen and oxygen atoms in total. The molecule has 4 rings (SSSR count). The van der Waals surface area contributed by atoms with Gasteiger partial charge in [0.2, 0.25) is 0 Å². The van der Waals surface area contributed by atoms with Gasteiger partial charge in [-0.25, -0.2) is 0 Å². The van der Waals surface area contributed by atoms with Crippen molar-refractivity contribution in [3.05, 3.63) is 0 Å². The summed E-state index contributed by atoms with van der Waals surface area (Å²) in [4.78, 5) is 0. The summed E-state index contributed by atoms with van der Waals surface area (Å²) in [5.74, 6) is 3.21. The summed E-state index contributed by atoms with van der Waals surface area (Å²) < 4.78 is 5.65. The van der Waals surface area contributed by atoms with Crippen molar-refractivity contribution in [1.29, 1.82) is 5.26 Å². The second-order valence-corrected chi connectivity index (χ2v) is 9.74. The Bertz CT molecular complexity index is 542. The van der Waals surface area contributed by atoms with Crippen LogP contribution in [0.15, 0.2) is 0 Å². The van der Waals surface area contributed by atoms with Gasteiger partial charge in [0.1, 0.15) is 0 Å². The smallest absolute Gasteiger partial charge is 0.0835 e. The Balaban J connectivity index is 1.62. The fourth-order valence-electron chi connectivity index (χ4n) is 7.71. The molecule has 4 saturated carbocycles. The Hall–Kier alpha value is -0.590. The number of hydrogen-bond donors (Lipinski definition) is 1. The van der Waals surface area contributed by atoms with Gasteiger partial charge in [-0.2, -0.15) is 5.26 Å². The molecule has 0 amide bonds. The fourth-order valence-corrected chi connectivity index (χ4v) is 7.71. The summed E-state index contributed by atoms with van der Waals surface area (Å²) in [5, 5.41) is 20.0. The number of aliphatic hydroxyl groups excluding tert-OH is 1. The molecule has 0 heterocycles. The van der Waals surface area contributed by atoms with Crippen molar-refractivity contribution in [3.63, 3.8) is 0 Å². The second kappa shape index (κ2) is 5.71. The average molecular weight is 332 g/mol. The van der Waals surface area contributed by atoms with E-state index in [1.807, 2.05) is 0 Å².